The number of anilines is 2. The fourth-order valence-corrected chi connectivity index (χ4v) is 1.17. The summed E-state index contributed by atoms with van der Waals surface area (Å²) in [5.74, 6) is 0. The van der Waals surface area contributed by atoms with Gasteiger partial charge in [-0.3, -0.25) is 10.1 Å². The summed E-state index contributed by atoms with van der Waals surface area (Å²) in [6.45, 7) is 2.68. The first-order valence-corrected chi connectivity index (χ1v) is 4.38. The van der Waals surface area contributed by atoms with Crippen LogP contribution in [0, 0.1) is 10.1 Å². The van der Waals surface area contributed by atoms with Crippen molar-refractivity contribution in [1.82, 2.24) is 0 Å². The molecule has 0 atom stereocenters. The van der Waals surface area contributed by atoms with Crippen molar-refractivity contribution in [3.05, 3.63) is 28.3 Å². The summed E-state index contributed by atoms with van der Waals surface area (Å²) in [6, 6.07) is 4.85. The molecule has 76 valence electrons. The van der Waals surface area contributed by atoms with Gasteiger partial charge >= 0.3 is 0 Å². The van der Waals surface area contributed by atoms with E-state index in [1.807, 2.05) is 13.0 Å². The molecule has 0 heterocycles. The predicted molar refractivity (Wildman–Crippen MR) is 56.8 cm³/mol. The van der Waals surface area contributed by atoms with Crippen LogP contribution in [0.2, 0.25) is 0 Å². The summed E-state index contributed by atoms with van der Waals surface area (Å²) in [5, 5.41) is 16.5. The molecule has 0 spiro atoms. The first kappa shape index (κ1) is 10.3. The molecule has 5 nitrogen and oxygen atoms in total. The number of hydrogen-bond acceptors (Lipinski definition) is 4. The van der Waals surface area contributed by atoms with E-state index in [-0.39, 0.29) is 5.69 Å². The Kier molecular flexibility index (Phi) is 3.28. The first-order valence-electron chi connectivity index (χ1n) is 4.38. The zero-order chi connectivity index (χ0) is 10.6. The Morgan fingerprint density at radius 3 is 2.50 bits per heavy atom. The summed E-state index contributed by atoms with van der Waals surface area (Å²) in [4.78, 5) is 10.2. The fraction of sp³-hybridized carbons (Fsp3) is 0.333. The smallest absolute Gasteiger partial charge is 0.273 e. The highest BCUT2D eigenvalue weighted by atomic mass is 16.6. The largest absolute Gasteiger partial charge is 0.388 e. The zero-order valence-corrected chi connectivity index (χ0v) is 8.20. The van der Waals surface area contributed by atoms with Gasteiger partial charge in [0.05, 0.1) is 4.92 Å². The Morgan fingerprint density at radius 2 is 2.00 bits per heavy atom. The van der Waals surface area contributed by atoms with Crippen LogP contribution in [-0.4, -0.2) is 18.5 Å². The molecule has 0 aromatic heterocycles. The van der Waals surface area contributed by atoms with Crippen molar-refractivity contribution in [1.29, 1.82) is 0 Å². The van der Waals surface area contributed by atoms with E-state index < -0.39 is 4.92 Å². The molecule has 0 saturated heterocycles. The van der Waals surface area contributed by atoms with Crippen LogP contribution < -0.4 is 10.6 Å². The minimum absolute atomic E-state index is 0.0906. The zero-order valence-electron chi connectivity index (χ0n) is 8.20. The van der Waals surface area contributed by atoms with Crippen LogP contribution in [0.25, 0.3) is 0 Å². The van der Waals surface area contributed by atoms with Crippen LogP contribution >= 0.6 is 0 Å². The van der Waals surface area contributed by atoms with E-state index in [4.69, 9.17) is 0 Å². The molecule has 0 unspecified atom stereocenters. The lowest BCUT2D eigenvalue weighted by molar-refractivity contribution is -0.384. The van der Waals surface area contributed by atoms with Crippen LogP contribution in [0.3, 0.4) is 0 Å². The normalized spacial score (nSPS) is 9.57. The summed E-state index contributed by atoms with van der Waals surface area (Å²) in [5.41, 5.74) is 1.58. The number of nitrogens with zero attached hydrogens (tertiary/aromatic N) is 1. The van der Waals surface area contributed by atoms with Gasteiger partial charge < -0.3 is 10.6 Å². The highest BCUT2D eigenvalue weighted by molar-refractivity contribution is 5.63. The van der Waals surface area contributed by atoms with Gasteiger partial charge in [0.2, 0.25) is 0 Å². The molecule has 14 heavy (non-hydrogen) atoms. The van der Waals surface area contributed by atoms with Crippen LogP contribution in [0.4, 0.5) is 17.1 Å². The van der Waals surface area contributed by atoms with Crippen LogP contribution in [0.1, 0.15) is 6.92 Å². The van der Waals surface area contributed by atoms with Crippen LogP contribution in [0.5, 0.6) is 0 Å². The maximum atomic E-state index is 10.6. The number of nitro benzene ring substituents is 1. The molecule has 1 aromatic carbocycles. The number of nitro groups is 1. The second-order valence-electron chi connectivity index (χ2n) is 2.81. The molecule has 0 saturated carbocycles. The molecule has 0 bridgehead atoms. The van der Waals surface area contributed by atoms with E-state index in [0.29, 0.717) is 0 Å². The number of rotatable bonds is 4. The molecular formula is C9H13N3O2. The van der Waals surface area contributed by atoms with Crippen molar-refractivity contribution in [2.24, 2.45) is 0 Å². The van der Waals surface area contributed by atoms with Gasteiger partial charge in [0, 0.05) is 37.1 Å². The lowest BCUT2D eigenvalue weighted by Crippen LogP contribution is -1.99. The maximum Gasteiger partial charge on any atom is 0.273 e. The third-order valence-corrected chi connectivity index (χ3v) is 1.80. The van der Waals surface area contributed by atoms with Gasteiger partial charge in [0.1, 0.15) is 0 Å². The Hall–Kier alpha value is -1.78. The highest BCUT2D eigenvalue weighted by Gasteiger charge is 2.08. The Balaban J connectivity index is 3.06. The van der Waals surface area contributed by atoms with Gasteiger partial charge in [-0.05, 0) is 13.0 Å². The molecule has 0 amide bonds. The third-order valence-electron chi connectivity index (χ3n) is 1.80. The quantitative estimate of drug-likeness (QED) is 0.570. The molecule has 0 radical (unpaired) electrons. The molecule has 0 aliphatic carbocycles. The van der Waals surface area contributed by atoms with Gasteiger partial charge in [-0.25, -0.2) is 0 Å². The van der Waals surface area contributed by atoms with Gasteiger partial charge in [-0.1, -0.05) is 0 Å². The lowest BCUT2D eigenvalue weighted by atomic mass is 10.2. The third kappa shape index (κ3) is 2.35. The molecule has 0 fully saturated rings. The number of non-ortho nitro benzene ring substituents is 1. The van der Waals surface area contributed by atoms with E-state index in [0.717, 1.165) is 17.9 Å². The molecule has 0 aliphatic heterocycles. The van der Waals surface area contributed by atoms with E-state index in [2.05, 4.69) is 10.6 Å². The van der Waals surface area contributed by atoms with E-state index in [1.54, 1.807) is 7.05 Å². The summed E-state index contributed by atoms with van der Waals surface area (Å²) >= 11 is 0. The van der Waals surface area contributed by atoms with Gasteiger partial charge in [0.15, 0.2) is 0 Å². The number of hydrogen-bond donors (Lipinski definition) is 2. The van der Waals surface area contributed by atoms with Crippen molar-refractivity contribution in [2.45, 2.75) is 6.92 Å². The molecule has 1 aromatic rings. The minimum atomic E-state index is -0.401. The predicted octanol–water partition coefficient (Wildman–Crippen LogP) is 2.07. The average molecular weight is 195 g/mol. The number of benzene rings is 1. The topological polar surface area (TPSA) is 67.2 Å². The van der Waals surface area contributed by atoms with Gasteiger partial charge in [-0.15, -0.1) is 0 Å². The average Bonchev–Trinajstić information content (AvgIpc) is 2.17. The first-order chi connectivity index (χ1) is 6.67. The highest BCUT2D eigenvalue weighted by Crippen LogP contribution is 2.23. The molecular weight excluding hydrogens is 182 g/mol. The van der Waals surface area contributed by atoms with E-state index in [1.165, 1.54) is 12.1 Å². The van der Waals surface area contributed by atoms with Crippen LogP contribution in [0.15, 0.2) is 18.2 Å². The SMILES string of the molecule is CCNc1cc(NC)cc([N+](=O)[O-])c1. The summed E-state index contributed by atoms with van der Waals surface area (Å²) in [7, 11) is 1.73. The van der Waals surface area contributed by atoms with Gasteiger partial charge in [0.25, 0.3) is 5.69 Å². The molecule has 2 N–H and O–H groups in total. The fourth-order valence-electron chi connectivity index (χ4n) is 1.17. The monoisotopic (exact) mass is 195 g/mol. The molecule has 1 rings (SSSR count). The second-order valence-corrected chi connectivity index (χ2v) is 2.81. The maximum absolute atomic E-state index is 10.6. The Bertz CT molecular complexity index is 339. The second kappa shape index (κ2) is 4.45. The van der Waals surface area contributed by atoms with E-state index >= 15 is 0 Å². The minimum Gasteiger partial charge on any atom is -0.388 e. The molecule has 0 aliphatic rings. The molecule has 5 heteroatoms. The van der Waals surface area contributed by atoms with Crippen molar-refractivity contribution < 1.29 is 4.92 Å². The van der Waals surface area contributed by atoms with Crippen molar-refractivity contribution in [3.63, 3.8) is 0 Å². The standard InChI is InChI=1S/C9H13N3O2/c1-3-11-8-4-7(10-2)5-9(6-8)12(13)14/h4-6,10-11H,3H2,1-2H3. The van der Waals surface area contributed by atoms with Crippen molar-refractivity contribution in [3.8, 4) is 0 Å². The Morgan fingerprint density at radius 1 is 1.36 bits per heavy atom. The lowest BCUT2D eigenvalue weighted by Gasteiger charge is -2.06. The van der Waals surface area contributed by atoms with Gasteiger partial charge in [-0.2, -0.15) is 0 Å². The van der Waals surface area contributed by atoms with Crippen molar-refractivity contribution >= 4 is 17.1 Å². The van der Waals surface area contributed by atoms with Crippen LogP contribution in [-0.2, 0) is 0 Å². The summed E-state index contributed by atoms with van der Waals surface area (Å²) < 4.78 is 0. The number of nitrogens with one attached hydrogen (secondary N) is 2. The Labute approximate surface area is 82.3 Å². The van der Waals surface area contributed by atoms with E-state index in [9.17, 15) is 10.1 Å². The van der Waals surface area contributed by atoms with Crippen molar-refractivity contribution in [2.75, 3.05) is 24.2 Å². The summed E-state index contributed by atoms with van der Waals surface area (Å²) in [6.07, 6.45) is 0.